The monoisotopic (exact) mass is 423 g/mol. The number of nitrogens with zero attached hydrogens (tertiary/aromatic N) is 3. The zero-order valence-corrected chi connectivity index (χ0v) is 17.0. The van der Waals surface area contributed by atoms with Crippen molar-refractivity contribution in [1.29, 1.82) is 0 Å². The molecule has 1 saturated carbocycles. The molecule has 0 heterocycles. The molecule has 0 amide bonds. The Morgan fingerprint density at radius 2 is 1.28 bits per heavy atom. The fourth-order valence-electron chi connectivity index (χ4n) is 1.84. The summed E-state index contributed by atoms with van der Waals surface area (Å²) in [6.45, 7) is 1.08. The van der Waals surface area contributed by atoms with Gasteiger partial charge >= 0.3 is 25.8 Å². The van der Waals surface area contributed by atoms with E-state index in [-0.39, 0.29) is 33.3 Å². The summed E-state index contributed by atoms with van der Waals surface area (Å²) in [4.78, 5) is 0. The molecule has 0 unspecified atom stereocenters. The third-order valence-corrected chi connectivity index (χ3v) is 2.47. The molecule has 0 atom stereocenters. The molecule has 0 bridgehead atoms. The first-order valence-corrected chi connectivity index (χ1v) is 6.28. The van der Waals surface area contributed by atoms with Gasteiger partial charge in [0.05, 0.1) is 0 Å². The molecule has 18 heavy (non-hydrogen) atoms. The van der Waals surface area contributed by atoms with Gasteiger partial charge in [-0.2, -0.15) is 35.2 Å². The fourth-order valence-corrected chi connectivity index (χ4v) is 1.84. The van der Waals surface area contributed by atoms with Crippen LogP contribution in [0.4, 0.5) is 0 Å². The number of rotatable bonds is 4. The van der Waals surface area contributed by atoms with E-state index >= 15 is 0 Å². The minimum Gasteiger partial charge on any atom is -0.668 e. The third kappa shape index (κ3) is 25.6. The van der Waals surface area contributed by atoms with Crippen LogP contribution in [-0.2, 0) is 25.8 Å². The van der Waals surface area contributed by atoms with Gasteiger partial charge in [0.2, 0.25) is 0 Å². The van der Waals surface area contributed by atoms with Crippen molar-refractivity contribution in [3.8, 4) is 0 Å². The van der Waals surface area contributed by atoms with Gasteiger partial charge in [0.1, 0.15) is 0 Å². The molecule has 3 nitrogen and oxygen atoms in total. The molecule has 0 spiro atoms. The molecule has 1 fully saturated rings. The van der Waals surface area contributed by atoms with E-state index in [9.17, 15) is 0 Å². The van der Waals surface area contributed by atoms with Crippen molar-refractivity contribution in [2.45, 2.75) is 38.5 Å². The average molecular weight is 422 g/mol. The summed E-state index contributed by atoms with van der Waals surface area (Å²) in [5.41, 5.74) is 0. The van der Waals surface area contributed by atoms with Gasteiger partial charge in [0, 0.05) is 0 Å². The summed E-state index contributed by atoms with van der Waals surface area (Å²) in [5, 5.41) is 11.1. The minimum atomic E-state index is 0. The van der Waals surface area contributed by atoms with Crippen molar-refractivity contribution < 1.29 is 25.8 Å². The molecule has 0 radical (unpaired) electrons. The van der Waals surface area contributed by atoms with Crippen LogP contribution in [0.15, 0.2) is 0 Å². The Morgan fingerprint density at radius 3 is 1.61 bits per heavy atom. The summed E-state index contributed by atoms with van der Waals surface area (Å²) < 4.78 is 0. The molecular formula is C14H33HfN3. The molecule has 108 valence electrons. The van der Waals surface area contributed by atoms with E-state index in [2.05, 4.69) is 16.0 Å². The zero-order valence-electron chi connectivity index (χ0n) is 13.4. The van der Waals surface area contributed by atoms with Crippen molar-refractivity contribution in [2.24, 2.45) is 5.92 Å². The second-order valence-corrected chi connectivity index (χ2v) is 4.23. The first-order chi connectivity index (χ1) is 7.76. The first-order valence-electron chi connectivity index (χ1n) is 6.28. The minimum absolute atomic E-state index is 0. The van der Waals surface area contributed by atoms with E-state index < -0.39 is 0 Å². The Balaban J connectivity index is -0.000000106. The molecule has 4 heteroatoms. The molecule has 0 aromatic rings. The van der Waals surface area contributed by atoms with E-state index in [1.54, 1.807) is 28.2 Å². The Morgan fingerprint density at radius 1 is 0.889 bits per heavy atom. The molecule has 0 saturated heterocycles. The topological polar surface area (TPSA) is 42.3 Å². The van der Waals surface area contributed by atoms with E-state index in [1.807, 2.05) is 7.05 Å². The maximum atomic E-state index is 4.10. The van der Waals surface area contributed by atoms with Crippen LogP contribution < -0.4 is 0 Å². The fraction of sp³-hybridized carbons (Fsp3) is 0.929. The molecule has 0 aliphatic heterocycles. The van der Waals surface area contributed by atoms with Crippen molar-refractivity contribution in [1.82, 2.24) is 0 Å². The van der Waals surface area contributed by atoms with Gasteiger partial charge in [-0.05, 0) is 5.92 Å². The SMILES string of the molecule is C[N-]C.C[N-]C.C[N-]CCCC1CCCC1.[CH3-].[Hf+4]. The quantitative estimate of drug-likeness (QED) is 0.360. The summed E-state index contributed by atoms with van der Waals surface area (Å²) >= 11 is 0. The van der Waals surface area contributed by atoms with Crippen molar-refractivity contribution >= 4 is 0 Å². The van der Waals surface area contributed by atoms with Crippen LogP contribution in [0.2, 0.25) is 0 Å². The van der Waals surface area contributed by atoms with Gasteiger partial charge in [-0.1, -0.05) is 38.5 Å². The van der Waals surface area contributed by atoms with Gasteiger partial charge in [-0.15, -0.1) is 6.54 Å². The second-order valence-electron chi connectivity index (χ2n) is 4.23. The number of hydrogen-bond acceptors (Lipinski definition) is 0. The predicted molar refractivity (Wildman–Crippen MR) is 82.2 cm³/mol. The van der Waals surface area contributed by atoms with E-state index in [0.717, 1.165) is 12.5 Å². The van der Waals surface area contributed by atoms with Crippen molar-refractivity contribution in [2.75, 3.05) is 41.8 Å². The molecule has 0 N–H and O–H groups in total. The number of hydrogen-bond donors (Lipinski definition) is 0. The first kappa shape index (κ1) is 27.2. The van der Waals surface area contributed by atoms with Crippen LogP contribution in [0.25, 0.3) is 16.0 Å². The summed E-state index contributed by atoms with van der Waals surface area (Å²) in [5.74, 6) is 1.06. The van der Waals surface area contributed by atoms with Gasteiger partial charge in [-0.3, -0.25) is 0 Å². The molecule has 0 aromatic carbocycles. The van der Waals surface area contributed by atoms with Crippen molar-refractivity contribution in [3.05, 3.63) is 23.4 Å². The Bertz CT molecular complexity index is 105. The summed E-state index contributed by atoms with van der Waals surface area (Å²) in [7, 11) is 8.91. The summed E-state index contributed by atoms with van der Waals surface area (Å²) in [6, 6.07) is 0. The van der Waals surface area contributed by atoms with Crippen LogP contribution in [0.5, 0.6) is 0 Å². The average Bonchev–Trinajstić information content (AvgIpc) is 2.73. The molecule has 0 aromatic heterocycles. The Hall–Kier alpha value is 0.750. The van der Waals surface area contributed by atoms with Gasteiger partial charge in [-0.25, -0.2) is 0 Å². The zero-order chi connectivity index (χ0) is 12.6. The van der Waals surface area contributed by atoms with E-state index in [4.69, 9.17) is 0 Å². The molecular weight excluding hydrogens is 389 g/mol. The summed E-state index contributed by atoms with van der Waals surface area (Å²) in [6.07, 6.45) is 8.69. The predicted octanol–water partition coefficient (Wildman–Crippen LogP) is 4.65. The molecule has 1 aliphatic carbocycles. The normalized spacial score (nSPS) is 13.2. The largest absolute Gasteiger partial charge is 4.00 e. The van der Waals surface area contributed by atoms with E-state index in [0.29, 0.717) is 0 Å². The van der Waals surface area contributed by atoms with Crippen molar-refractivity contribution in [3.63, 3.8) is 0 Å². The standard InChI is InChI=1S/C9H18N.2C2H6N.CH3.Hf/c1-10-8-4-7-9-5-2-3-6-9;2*1-3-2;;/h9H,2-8H2,1H3;2*1-2H3;1H3;/q4*-1;+4. The second kappa shape index (κ2) is 26.3. The molecule has 1 rings (SSSR count). The maximum absolute atomic E-state index is 4.10. The molecule has 1 aliphatic rings. The van der Waals surface area contributed by atoms with E-state index in [1.165, 1.54) is 38.5 Å². The van der Waals surface area contributed by atoms with Gasteiger partial charge in [0.15, 0.2) is 0 Å². The third-order valence-electron chi connectivity index (χ3n) is 2.47. The van der Waals surface area contributed by atoms with Crippen LogP contribution >= 0.6 is 0 Å². The van der Waals surface area contributed by atoms with Gasteiger partial charge in [0.25, 0.3) is 0 Å². The van der Waals surface area contributed by atoms with Crippen LogP contribution in [0, 0.1) is 13.3 Å². The Labute approximate surface area is 135 Å². The van der Waals surface area contributed by atoms with Crippen LogP contribution in [-0.4, -0.2) is 41.8 Å². The maximum Gasteiger partial charge on any atom is 4.00 e. The van der Waals surface area contributed by atoms with Crippen LogP contribution in [0.3, 0.4) is 0 Å². The Kier molecular flexibility index (Phi) is 39.7. The van der Waals surface area contributed by atoms with Crippen LogP contribution in [0.1, 0.15) is 38.5 Å². The van der Waals surface area contributed by atoms with Gasteiger partial charge < -0.3 is 23.4 Å². The smallest absolute Gasteiger partial charge is 0.668 e.